The second-order valence-electron chi connectivity index (χ2n) is 3.82. The predicted molar refractivity (Wildman–Crippen MR) is 64.8 cm³/mol. The summed E-state index contributed by atoms with van der Waals surface area (Å²) in [6.07, 6.45) is 0. The van der Waals surface area contributed by atoms with Gasteiger partial charge in [0, 0.05) is 14.1 Å². The van der Waals surface area contributed by atoms with Crippen LogP contribution in [0.15, 0.2) is 23.1 Å². The van der Waals surface area contributed by atoms with Crippen LogP contribution < -0.4 is 4.90 Å². The first-order valence-corrected chi connectivity index (χ1v) is 6.82. The fourth-order valence-electron chi connectivity index (χ4n) is 1.79. The second kappa shape index (κ2) is 3.89. The Balaban J connectivity index is 2.77. The van der Waals surface area contributed by atoms with Crippen molar-refractivity contribution < 1.29 is 13.2 Å². The van der Waals surface area contributed by atoms with Crippen LogP contribution >= 0.6 is 11.6 Å². The Bertz CT molecular complexity index is 583. The van der Waals surface area contributed by atoms with Gasteiger partial charge in [0.15, 0.2) is 0 Å². The van der Waals surface area contributed by atoms with Crippen LogP contribution in [0.3, 0.4) is 0 Å². The molecule has 0 aliphatic carbocycles. The van der Waals surface area contributed by atoms with Crippen LogP contribution in [0.4, 0.5) is 5.69 Å². The van der Waals surface area contributed by atoms with Crippen molar-refractivity contribution in [3.05, 3.63) is 23.8 Å². The Morgan fingerprint density at radius 3 is 2.53 bits per heavy atom. The summed E-state index contributed by atoms with van der Waals surface area (Å²) < 4.78 is 24.7. The molecular weight excluding hydrogens is 264 g/mol. The molecule has 1 aliphatic heterocycles. The van der Waals surface area contributed by atoms with Crippen molar-refractivity contribution in [2.75, 3.05) is 25.0 Å². The number of carbonyl (C=O) groups excluding carboxylic acids is 1. The molecule has 92 valence electrons. The first kappa shape index (κ1) is 12.2. The summed E-state index contributed by atoms with van der Waals surface area (Å²) in [4.78, 5) is 13.7. The molecule has 0 N–H and O–H groups in total. The smallest absolute Gasteiger partial charge is 0.272 e. The molecule has 17 heavy (non-hydrogen) atoms. The van der Waals surface area contributed by atoms with Gasteiger partial charge < -0.3 is 4.90 Å². The summed E-state index contributed by atoms with van der Waals surface area (Å²) in [5, 5.41) is 0. The van der Waals surface area contributed by atoms with Gasteiger partial charge in [-0.05, 0) is 12.1 Å². The number of benzene rings is 1. The van der Waals surface area contributed by atoms with E-state index < -0.39 is 15.9 Å². The highest BCUT2D eigenvalue weighted by Gasteiger charge is 2.42. The lowest BCUT2D eigenvalue weighted by atomic mass is 10.1. The van der Waals surface area contributed by atoms with Crippen molar-refractivity contribution in [3.63, 3.8) is 0 Å². The number of carbonyl (C=O) groups is 1. The molecule has 0 radical (unpaired) electrons. The standard InChI is InChI=1S/C10H11ClN2O3S/c1-12(2)7-4-3-5-8-9(7)10(14)13(6-11)17(8,15)16/h3-5H,6H2,1-2H3. The highest BCUT2D eigenvalue weighted by molar-refractivity contribution is 7.90. The van der Waals surface area contributed by atoms with Crippen LogP contribution in [0.25, 0.3) is 0 Å². The van der Waals surface area contributed by atoms with E-state index >= 15 is 0 Å². The first-order chi connectivity index (χ1) is 7.91. The van der Waals surface area contributed by atoms with Crippen molar-refractivity contribution in [2.24, 2.45) is 0 Å². The van der Waals surface area contributed by atoms with Crippen molar-refractivity contribution in [2.45, 2.75) is 4.90 Å². The highest BCUT2D eigenvalue weighted by Crippen LogP contribution is 2.35. The molecular formula is C10H11ClN2O3S. The van der Waals surface area contributed by atoms with Crippen LogP contribution in [0.5, 0.6) is 0 Å². The maximum absolute atomic E-state index is 12.0. The summed E-state index contributed by atoms with van der Waals surface area (Å²) in [6, 6.07) is 4.35. The van der Waals surface area contributed by atoms with Gasteiger partial charge in [0.25, 0.3) is 15.9 Å². The zero-order chi connectivity index (χ0) is 12.8. The minimum absolute atomic E-state index is 0.0225. The van der Waals surface area contributed by atoms with E-state index in [2.05, 4.69) is 0 Å². The fraction of sp³-hybridized carbons (Fsp3) is 0.300. The second-order valence-corrected chi connectivity index (χ2v) is 5.89. The Morgan fingerprint density at radius 1 is 1.35 bits per heavy atom. The zero-order valence-corrected chi connectivity index (χ0v) is 10.9. The lowest BCUT2D eigenvalue weighted by molar-refractivity contribution is 0.0886. The molecule has 7 heteroatoms. The number of hydrogen-bond acceptors (Lipinski definition) is 4. The van der Waals surface area contributed by atoms with Crippen molar-refractivity contribution in [1.29, 1.82) is 0 Å². The maximum Gasteiger partial charge on any atom is 0.272 e. The largest absolute Gasteiger partial charge is 0.377 e. The van der Waals surface area contributed by atoms with Gasteiger partial charge in [-0.25, -0.2) is 12.7 Å². The summed E-state index contributed by atoms with van der Waals surface area (Å²) in [5.74, 6) is -0.570. The van der Waals surface area contributed by atoms with E-state index in [1.165, 1.54) is 6.07 Å². The van der Waals surface area contributed by atoms with Crippen LogP contribution in [0.1, 0.15) is 10.4 Å². The number of rotatable bonds is 2. The summed E-state index contributed by atoms with van der Waals surface area (Å²) >= 11 is 5.52. The third kappa shape index (κ3) is 1.59. The molecule has 1 aromatic rings. The normalized spacial score (nSPS) is 17.1. The number of anilines is 1. The van der Waals surface area contributed by atoms with E-state index in [1.807, 2.05) is 0 Å². The molecule has 1 heterocycles. The Hall–Kier alpha value is -1.27. The van der Waals surface area contributed by atoms with E-state index in [-0.39, 0.29) is 16.5 Å². The molecule has 1 aromatic carbocycles. The monoisotopic (exact) mass is 274 g/mol. The van der Waals surface area contributed by atoms with Crippen molar-refractivity contribution in [1.82, 2.24) is 4.31 Å². The average molecular weight is 275 g/mol. The number of nitrogens with zero attached hydrogens (tertiary/aromatic N) is 2. The minimum atomic E-state index is -3.78. The molecule has 0 aromatic heterocycles. The van der Waals surface area contributed by atoms with E-state index in [4.69, 9.17) is 11.6 Å². The lowest BCUT2D eigenvalue weighted by Crippen LogP contribution is -2.28. The summed E-state index contributed by atoms with van der Waals surface area (Å²) in [7, 11) is -0.279. The lowest BCUT2D eigenvalue weighted by Gasteiger charge is -2.14. The Kier molecular flexibility index (Phi) is 2.79. The third-order valence-corrected chi connectivity index (χ3v) is 4.76. The van der Waals surface area contributed by atoms with Crippen molar-refractivity contribution in [3.8, 4) is 0 Å². The number of alkyl halides is 1. The van der Waals surface area contributed by atoms with E-state index in [0.717, 1.165) is 0 Å². The highest BCUT2D eigenvalue weighted by atomic mass is 35.5. The topological polar surface area (TPSA) is 57.7 Å². The van der Waals surface area contributed by atoms with Crippen LogP contribution in [-0.4, -0.2) is 38.7 Å². The van der Waals surface area contributed by atoms with Gasteiger partial charge in [-0.1, -0.05) is 6.07 Å². The van der Waals surface area contributed by atoms with Gasteiger partial charge in [0.1, 0.15) is 10.9 Å². The molecule has 0 spiro atoms. The van der Waals surface area contributed by atoms with Crippen molar-refractivity contribution >= 4 is 33.2 Å². The summed E-state index contributed by atoms with van der Waals surface area (Å²) in [6.45, 7) is 0. The molecule has 5 nitrogen and oxygen atoms in total. The van der Waals surface area contributed by atoms with Gasteiger partial charge in [-0.2, -0.15) is 0 Å². The molecule has 0 saturated carbocycles. The number of halogens is 1. The van der Waals surface area contributed by atoms with E-state index in [0.29, 0.717) is 9.99 Å². The first-order valence-electron chi connectivity index (χ1n) is 4.84. The predicted octanol–water partition coefficient (Wildman–Crippen LogP) is 1.09. The van der Waals surface area contributed by atoms with Gasteiger partial charge in [-0.15, -0.1) is 11.6 Å². The molecule has 2 rings (SSSR count). The van der Waals surface area contributed by atoms with Gasteiger partial charge >= 0.3 is 0 Å². The molecule has 0 unspecified atom stereocenters. The zero-order valence-electron chi connectivity index (χ0n) is 9.34. The molecule has 0 atom stereocenters. The maximum atomic E-state index is 12.0. The van der Waals surface area contributed by atoms with Gasteiger partial charge in [0.05, 0.1) is 11.3 Å². The SMILES string of the molecule is CN(C)c1cccc2c1C(=O)N(CCl)S2(=O)=O. The fourth-order valence-corrected chi connectivity index (χ4v) is 3.66. The minimum Gasteiger partial charge on any atom is -0.377 e. The average Bonchev–Trinajstić information content (AvgIpc) is 2.46. The van der Waals surface area contributed by atoms with Gasteiger partial charge in [-0.3, -0.25) is 4.79 Å². The summed E-state index contributed by atoms with van der Waals surface area (Å²) in [5.41, 5.74) is 0.766. The van der Waals surface area contributed by atoms with Crippen LogP contribution in [0, 0.1) is 0 Å². The quantitative estimate of drug-likeness (QED) is 0.598. The Labute approximate surface area is 105 Å². The molecule has 0 fully saturated rings. The van der Waals surface area contributed by atoms with E-state index in [9.17, 15) is 13.2 Å². The van der Waals surface area contributed by atoms with Crippen LogP contribution in [0.2, 0.25) is 0 Å². The van der Waals surface area contributed by atoms with E-state index in [1.54, 1.807) is 31.1 Å². The molecule has 1 amide bonds. The Morgan fingerprint density at radius 2 is 2.00 bits per heavy atom. The number of hydrogen-bond donors (Lipinski definition) is 0. The number of amides is 1. The molecule has 1 aliphatic rings. The molecule has 0 bridgehead atoms. The van der Waals surface area contributed by atoms with Crippen LogP contribution in [-0.2, 0) is 10.0 Å². The number of fused-ring (bicyclic) bond motifs is 1. The third-order valence-electron chi connectivity index (χ3n) is 2.60. The van der Waals surface area contributed by atoms with Gasteiger partial charge in [0.2, 0.25) is 0 Å². The number of sulfonamides is 1. The molecule has 0 saturated heterocycles.